The number of halogens is 1. The van der Waals surface area contributed by atoms with Crippen molar-refractivity contribution < 1.29 is 18.8 Å². The van der Waals surface area contributed by atoms with E-state index in [0.29, 0.717) is 12.4 Å². The molecule has 0 amide bonds. The van der Waals surface area contributed by atoms with Gasteiger partial charge in [-0.15, -0.1) is 12.4 Å². The predicted octanol–water partition coefficient (Wildman–Crippen LogP) is 8.89. The maximum absolute atomic E-state index is 13.1. The summed E-state index contributed by atoms with van der Waals surface area (Å²) in [5.74, 6) is 2.23. The van der Waals surface area contributed by atoms with E-state index in [0.717, 1.165) is 67.0 Å². The third kappa shape index (κ3) is 8.53. The SMILES string of the molecule is C.C.COc1ccc(COc2cccc3c2CC2(CCCCC2)[C@@H]3N[S@](=O)C(C)(C)C)cc1.Cl.N[C@@H]1c2cccc(O)c2CC12CCNCC2. The summed E-state index contributed by atoms with van der Waals surface area (Å²) in [5.41, 5.74) is 12.6. The van der Waals surface area contributed by atoms with E-state index in [1.165, 1.54) is 43.2 Å². The molecular formula is C41H62ClN3O4S. The summed E-state index contributed by atoms with van der Waals surface area (Å²) >= 11 is 0. The number of fused-ring (bicyclic) bond motifs is 2. The summed E-state index contributed by atoms with van der Waals surface area (Å²) < 4.78 is 27.9. The lowest BCUT2D eigenvalue weighted by Crippen LogP contribution is -2.42. The van der Waals surface area contributed by atoms with Crippen LogP contribution in [0, 0.1) is 10.8 Å². The molecule has 3 aromatic carbocycles. The van der Waals surface area contributed by atoms with Gasteiger partial charge in [-0.3, -0.25) is 0 Å². The van der Waals surface area contributed by atoms with E-state index in [1.54, 1.807) is 13.2 Å². The van der Waals surface area contributed by atoms with E-state index in [1.807, 2.05) is 51.1 Å². The second-order valence-corrected chi connectivity index (χ2v) is 17.1. The van der Waals surface area contributed by atoms with Crippen molar-refractivity contribution in [3.05, 3.63) is 88.5 Å². The number of ether oxygens (including phenoxy) is 2. The van der Waals surface area contributed by atoms with E-state index in [2.05, 4.69) is 34.3 Å². The number of rotatable bonds is 6. The van der Waals surface area contributed by atoms with Crippen molar-refractivity contribution in [2.45, 2.75) is 117 Å². The van der Waals surface area contributed by atoms with Gasteiger partial charge >= 0.3 is 0 Å². The van der Waals surface area contributed by atoms with Crippen LogP contribution in [0.5, 0.6) is 17.2 Å². The van der Waals surface area contributed by atoms with E-state index in [-0.39, 0.29) is 54.9 Å². The summed E-state index contributed by atoms with van der Waals surface area (Å²) in [4.78, 5) is 0. The molecule has 0 unspecified atom stereocenters. The Kier molecular flexibility index (Phi) is 14.4. The molecule has 0 radical (unpaired) electrons. The third-order valence-electron chi connectivity index (χ3n) is 11.1. The Bertz CT molecular complexity index is 1560. The van der Waals surface area contributed by atoms with Crippen molar-refractivity contribution >= 4 is 23.4 Å². The molecule has 1 heterocycles. The largest absolute Gasteiger partial charge is 0.508 e. The molecule has 7 rings (SSSR count). The molecular weight excluding hydrogens is 666 g/mol. The second-order valence-electron chi connectivity index (χ2n) is 15.1. The van der Waals surface area contributed by atoms with Crippen LogP contribution in [0.15, 0.2) is 60.7 Å². The van der Waals surface area contributed by atoms with Crippen LogP contribution in [0.2, 0.25) is 0 Å². The lowest BCUT2D eigenvalue weighted by Gasteiger charge is -2.40. The van der Waals surface area contributed by atoms with Gasteiger partial charge in [0.15, 0.2) is 0 Å². The van der Waals surface area contributed by atoms with Gasteiger partial charge in [0.05, 0.1) is 28.9 Å². The lowest BCUT2D eigenvalue weighted by atomic mass is 9.69. The maximum atomic E-state index is 13.1. The van der Waals surface area contributed by atoms with E-state index >= 15 is 0 Å². The third-order valence-corrected chi connectivity index (χ3v) is 12.7. The first kappa shape index (κ1) is 41.8. The van der Waals surface area contributed by atoms with Crippen molar-refractivity contribution in [3.8, 4) is 17.2 Å². The second kappa shape index (κ2) is 17.3. The first-order valence-electron chi connectivity index (χ1n) is 17.4. The number of piperidine rings is 1. The average Bonchev–Trinajstić information content (AvgIpc) is 3.52. The fourth-order valence-corrected chi connectivity index (χ4v) is 9.26. The first-order valence-corrected chi connectivity index (χ1v) is 18.5. The zero-order chi connectivity index (χ0) is 33.2. The maximum Gasteiger partial charge on any atom is 0.123 e. The number of phenolic OH excluding ortho intramolecular Hbond substituents is 1. The number of methoxy groups -OCH3 is 1. The molecule has 0 bridgehead atoms. The van der Waals surface area contributed by atoms with E-state index in [9.17, 15) is 9.32 Å². The summed E-state index contributed by atoms with van der Waals surface area (Å²) in [7, 11) is 0.569. The van der Waals surface area contributed by atoms with Crippen LogP contribution in [0.4, 0.5) is 0 Å². The Balaban J connectivity index is 0.000000301. The summed E-state index contributed by atoms with van der Waals surface area (Å²) in [6.45, 7) is 8.72. The molecule has 278 valence electrons. The normalized spacial score (nSPS) is 21.6. The fraction of sp³-hybridized carbons (Fsp3) is 0.561. The Hall–Kier alpha value is -2.62. The van der Waals surface area contributed by atoms with Crippen LogP contribution >= 0.6 is 12.4 Å². The minimum Gasteiger partial charge on any atom is -0.508 e. The lowest BCUT2D eigenvalue weighted by molar-refractivity contribution is 0.153. The Morgan fingerprint density at radius 1 is 0.880 bits per heavy atom. The Labute approximate surface area is 310 Å². The first-order chi connectivity index (χ1) is 22.6. The highest BCUT2D eigenvalue weighted by Gasteiger charge is 2.49. The van der Waals surface area contributed by atoms with E-state index in [4.69, 9.17) is 15.2 Å². The summed E-state index contributed by atoms with van der Waals surface area (Å²) in [6, 6.07) is 20.3. The molecule has 2 fully saturated rings. The minimum absolute atomic E-state index is 0. The van der Waals surface area contributed by atoms with Gasteiger partial charge in [0.2, 0.25) is 0 Å². The standard InChI is InChI=1S/C26H35NO3S.C13H18N2O.2CH4.ClH/c1-25(2,3)31(28)27-24-21-9-8-10-23(22(21)17-26(24)15-6-5-7-16-26)30-18-19-11-13-20(29-4)14-12-19;14-12-9-2-1-3-11(16)10(9)8-13(12)4-6-15-7-5-13;;;/h8-14,24,27H,5-7,15-18H2,1-4H3;1-3,12,15-16H,4-8,14H2;2*1H4;1H/t24-,31-;12-;;;/m11.../s1. The summed E-state index contributed by atoms with van der Waals surface area (Å²) in [6.07, 6.45) is 10.3. The van der Waals surface area contributed by atoms with Crippen LogP contribution in [0.3, 0.4) is 0 Å². The molecule has 9 heteroatoms. The van der Waals surface area contributed by atoms with Crippen molar-refractivity contribution in [2.75, 3.05) is 20.2 Å². The zero-order valence-corrected chi connectivity index (χ0v) is 30.6. The number of hydrogen-bond donors (Lipinski definition) is 4. The molecule has 7 nitrogen and oxygen atoms in total. The Morgan fingerprint density at radius 2 is 1.50 bits per heavy atom. The number of benzene rings is 3. The van der Waals surface area contributed by atoms with Crippen molar-refractivity contribution in [1.82, 2.24) is 10.0 Å². The molecule has 1 saturated heterocycles. The van der Waals surface area contributed by atoms with Crippen LogP contribution < -0.4 is 25.2 Å². The average molecular weight is 728 g/mol. The van der Waals surface area contributed by atoms with Crippen LogP contribution in [0.1, 0.15) is 120 Å². The predicted molar refractivity (Wildman–Crippen MR) is 211 cm³/mol. The zero-order valence-electron chi connectivity index (χ0n) is 29.0. The van der Waals surface area contributed by atoms with Crippen molar-refractivity contribution in [3.63, 3.8) is 0 Å². The van der Waals surface area contributed by atoms with Gasteiger partial charge < -0.3 is 25.6 Å². The molecule has 3 aliphatic carbocycles. The van der Waals surface area contributed by atoms with Gasteiger partial charge in [0.25, 0.3) is 0 Å². The molecule has 3 atom stereocenters. The molecule has 4 aliphatic rings. The monoisotopic (exact) mass is 727 g/mol. The van der Waals surface area contributed by atoms with Crippen LogP contribution in [-0.4, -0.2) is 34.3 Å². The molecule has 1 saturated carbocycles. The fourth-order valence-electron chi connectivity index (χ4n) is 8.32. The number of nitrogens with one attached hydrogen (secondary N) is 2. The van der Waals surface area contributed by atoms with Crippen LogP contribution in [-0.2, 0) is 30.4 Å². The molecule has 0 aromatic heterocycles. The highest BCUT2D eigenvalue weighted by Crippen LogP contribution is 2.56. The van der Waals surface area contributed by atoms with Gasteiger partial charge in [0.1, 0.15) is 23.9 Å². The summed E-state index contributed by atoms with van der Waals surface area (Å²) in [5, 5.41) is 13.3. The van der Waals surface area contributed by atoms with Gasteiger partial charge in [-0.1, -0.05) is 70.5 Å². The van der Waals surface area contributed by atoms with Crippen molar-refractivity contribution in [2.24, 2.45) is 16.6 Å². The molecule has 50 heavy (non-hydrogen) atoms. The number of nitrogens with two attached hydrogens (primary N) is 1. The number of aromatic hydroxyl groups is 1. The Morgan fingerprint density at radius 3 is 2.12 bits per heavy atom. The van der Waals surface area contributed by atoms with Gasteiger partial charge in [-0.2, -0.15) is 0 Å². The molecule has 5 N–H and O–H groups in total. The topological polar surface area (TPSA) is 106 Å². The highest BCUT2D eigenvalue weighted by molar-refractivity contribution is 7.84. The quantitative estimate of drug-likeness (QED) is 0.202. The van der Waals surface area contributed by atoms with Crippen molar-refractivity contribution in [1.29, 1.82) is 0 Å². The van der Waals surface area contributed by atoms with Gasteiger partial charge in [-0.25, -0.2) is 8.93 Å². The molecule has 2 spiro atoms. The van der Waals surface area contributed by atoms with Crippen LogP contribution in [0.25, 0.3) is 0 Å². The highest BCUT2D eigenvalue weighted by atomic mass is 35.5. The van der Waals surface area contributed by atoms with E-state index < -0.39 is 11.0 Å². The minimum atomic E-state index is -1.11. The number of phenols is 1. The molecule has 1 aliphatic heterocycles. The molecule has 3 aromatic rings. The number of hydrogen-bond acceptors (Lipinski definition) is 6. The van der Waals surface area contributed by atoms with Gasteiger partial charge in [0, 0.05) is 6.04 Å². The van der Waals surface area contributed by atoms with Gasteiger partial charge in [-0.05, 0) is 135 Å². The smallest absolute Gasteiger partial charge is 0.123 e.